The van der Waals surface area contributed by atoms with Gasteiger partial charge >= 0.3 is 0 Å². The fourth-order valence-electron chi connectivity index (χ4n) is 4.33. The Balaban J connectivity index is 1.32. The topological polar surface area (TPSA) is 80.3 Å². The lowest BCUT2D eigenvalue weighted by atomic mass is 9.83. The van der Waals surface area contributed by atoms with Gasteiger partial charge in [0.2, 0.25) is 5.91 Å². The molecule has 31 heavy (non-hydrogen) atoms. The SMILES string of the molecule is Cc1cc(C)cc(OCc2nc(C(=O)N[C@H]3CCCC[C@H]3NC(=O)C3CCC3)cs2)c1. The summed E-state index contributed by atoms with van der Waals surface area (Å²) in [5, 5.41) is 8.85. The van der Waals surface area contributed by atoms with Crippen molar-refractivity contribution >= 4 is 23.2 Å². The van der Waals surface area contributed by atoms with Gasteiger partial charge in [-0.25, -0.2) is 4.98 Å². The van der Waals surface area contributed by atoms with E-state index in [2.05, 4.69) is 21.7 Å². The maximum Gasteiger partial charge on any atom is 0.271 e. The number of thiazole rings is 1. The molecule has 0 saturated heterocycles. The van der Waals surface area contributed by atoms with Crippen molar-refractivity contribution in [3.05, 3.63) is 45.4 Å². The van der Waals surface area contributed by atoms with Crippen LogP contribution in [0.15, 0.2) is 23.6 Å². The molecule has 2 N–H and O–H groups in total. The summed E-state index contributed by atoms with van der Waals surface area (Å²) in [6.07, 6.45) is 7.06. The van der Waals surface area contributed by atoms with Crippen LogP contribution in [0, 0.1) is 19.8 Å². The molecule has 1 aromatic heterocycles. The van der Waals surface area contributed by atoms with Gasteiger partial charge in [0.25, 0.3) is 5.91 Å². The fourth-order valence-corrected chi connectivity index (χ4v) is 5.02. The fraction of sp³-hybridized carbons (Fsp3) is 0.542. The van der Waals surface area contributed by atoms with Crippen LogP contribution in [0.2, 0.25) is 0 Å². The van der Waals surface area contributed by atoms with Gasteiger partial charge in [-0.05, 0) is 62.8 Å². The second-order valence-corrected chi connectivity index (χ2v) is 9.79. The minimum Gasteiger partial charge on any atom is -0.486 e. The third kappa shape index (κ3) is 5.64. The molecule has 1 aromatic carbocycles. The summed E-state index contributed by atoms with van der Waals surface area (Å²) < 4.78 is 5.86. The van der Waals surface area contributed by atoms with Gasteiger partial charge in [0.15, 0.2) is 0 Å². The van der Waals surface area contributed by atoms with Crippen LogP contribution in [0.1, 0.15) is 71.6 Å². The van der Waals surface area contributed by atoms with Gasteiger partial charge in [-0.15, -0.1) is 11.3 Å². The molecule has 2 fully saturated rings. The standard InChI is InChI=1S/C24H31N3O3S/c1-15-10-16(2)12-18(11-15)30-13-22-25-21(14-31-22)24(29)27-20-9-4-3-8-19(20)26-23(28)17-6-5-7-17/h10-12,14,17,19-20H,3-9,13H2,1-2H3,(H,26,28)(H,27,29)/t19-,20+/m1/s1. The first kappa shape index (κ1) is 21.8. The Hall–Kier alpha value is -2.41. The molecule has 2 aliphatic carbocycles. The lowest BCUT2D eigenvalue weighted by Gasteiger charge is -2.35. The van der Waals surface area contributed by atoms with E-state index in [9.17, 15) is 9.59 Å². The molecule has 0 spiro atoms. The first-order chi connectivity index (χ1) is 15.0. The highest BCUT2D eigenvalue weighted by molar-refractivity contribution is 7.09. The van der Waals surface area contributed by atoms with Crippen molar-refractivity contribution in [1.82, 2.24) is 15.6 Å². The van der Waals surface area contributed by atoms with Crippen LogP contribution in [0.4, 0.5) is 0 Å². The zero-order valence-corrected chi connectivity index (χ0v) is 19.1. The van der Waals surface area contributed by atoms with Crippen LogP contribution < -0.4 is 15.4 Å². The Bertz CT molecular complexity index is 918. The summed E-state index contributed by atoms with van der Waals surface area (Å²) in [6.45, 7) is 4.42. The van der Waals surface area contributed by atoms with Crippen molar-refractivity contribution in [2.24, 2.45) is 5.92 Å². The Kier molecular flexibility index (Phi) is 6.90. The van der Waals surface area contributed by atoms with Crippen LogP contribution in [-0.2, 0) is 11.4 Å². The largest absolute Gasteiger partial charge is 0.486 e. The van der Waals surface area contributed by atoms with E-state index in [0.717, 1.165) is 66.8 Å². The van der Waals surface area contributed by atoms with E-state index >= 15 is 0 Å². The van der Waals surface area contributed by atoms with Gasteiger partial charge in [0.1, 0.15) is 23.1 Å². The Morgan fingerprint density at radius 3 is 2.32 bits per heavy atom. The maximum absolute atomic E-state index is 12.8. The Morgan fingerprint density at radius 2 is 1.68 bits per heavy atom. The van der Waals surface area contributed by atoms with E-state index in [1.807, 2.05) is 26.0 Å². The molecule has 4 rings (SSSR count). The minimum absolute atomic E-state index is 0.0109. The lowest BCUT2D eigenvalue weighted by Crippen LogP contribution is -2.54. The van der Waals surface area contributed by atoms with Gasteiger partial charge in [0.05, 0.1) is 0 Å². The average molecular weight is 442 g/mol. The highest BCUT2D eigenvalue weighted by Crippen LogP contribution is 2.27. The molecule has 2 amide bonds. The van der Waals surface area contributed by atoms with E-state index in [-0.39, 0.29) is 29.8 Å². The minimum atomic E-state index is -0.177. The number of aryl methyl sites for hydroxylation is 2. The molecule has 0 bridgehead atoms. The van der Waals surface area contributed by atoms with E-state index in [4.69, 9.17) is 4.74 Å². The average Bonchev–Trinajstić information content (AvgIpc) is 3.15. The van der Waals surface area contributed by atoms with Crippen LogP contribution >= 0.6 is 11.3 Å². The van der Waals surface area contributed by atoms with E-state index in [0.29, 0.717) is 12.3 Å². The van der Waals surface area contributed by atoms with Crippen molar-refractivity contribution in [1.29, 1.82) is 0 Å². The number of hydrogen-bond acceptors (Lipinski definition) is 5. The molecule has 0 aliphatic heterocycles. The molecule has 2 aromatic rings. The number of nitrogens with one attached hydrogen (secondary N) is 2. The van der Waals surface area contributed by atoms with Gasteiger partial charge in [0, 0.05) is 23.4 Å². The highest BCUT2D eigenvalue weighted by atomic mass is 32.1. The van der Waals surface area contributed by atoms with Crippen molar-refractivity contribution in [2.45, 2.75) is 77.5 Å². The van der Waals surface area contributed by atoms with Gasteiger partial charge < -0.3 is 15.4 Å². The monoisotopic (exact) mass is 441 g/mol. The summed E-state index contributed by atoms with van der Waals surface area (Å²) >= 11 is 1.43. The summed E-state index contributed by atoms with van der Waals surface area (Å²) in [7, 11) is 0. The van der Waals surface area contributed by atoms with Gasteiger partial charge in [-0.1, -0.05) is 25.3 Å². The third-order valence-electron chi connectivity index (χ3n) is 6.23. The molecular weight excluding hydrogens is 410 g/mol. The van der Waals surface area contributed by atoms with Crippen LogP contribution in [0.25, 0.3) is 0 Å². The normalized spacial score (nSPS) is 21.2. The molecule has 2 aliphatic rings. The van der Waals surface area contributed by atoms with Crippen LogP contribution in [-0.4, -0.2) is 28.9 Å². The summed E-state index contributed by atoms with van der Waals surface area (Å²) in [6, 6.07) is 6.06. The van der Waals surface area contributed by atoms with Crippen LogP contribution in [0.3, 0.4) is 0 Å². The summed E-state index contributed by atoms with van der Waals surface area (Å²) in [4.78, 5) is 29.6. The van der Waals surface area contributed by atoms with E-state index < -0.39 is 0 Å². The zero-order chi connectivity index (χ0) is 21.8. The van der Waals surface area contributed by atoms with Gasteiger partial charge in [-0.3, -0.25) is 9.59 Å². The first-order valence-electron chi connectivity index (χ1n) is 11.2. The molecular formula is C24H31N3O3S. The quantitative estimate of drug-likeness (QED) is 0.671. The van der Waals surface area contributed by atoms with E-state index in [1.165, 1.54) is 11.3 Å². The molecule has 7 heteroatoms. The zero-order valence-electron chi connectivity index (χ0n) is 18.3. The number of amides is 2. The Morgan fingerprint density at radius 1 is 1.00 bits per heavy atom. The lowest BCUT2D eigenvalue weighted by molar-refractivity contribution is -0.128. The Labute approximate surface area is 187 Å². The number of ether oxygens (including phenoxy) is 1. The first-order valence-corrected chi connectivity index (χ1v) is 12.1. The van der Waals surface area contributed by atoms with Crippen molar-refractivity contribution < 1.29 is 14.3 Å². The second-order valence-electron chi connectivity index (χ2n) is 8.85. The number of aromatic nitrogens is 1. The molecule has 166 valence electrons. The molecule has 2 atom stereocenters. The summed E-state index contributed by atoms with van der Waals surface area (Å²) in [5.41, 5.74) is 2.72. The number of hydrogen-bond donors (Lipinski definition) is 2. The number of nitrogens with zero attached hydrogens (tertiary/aromatic N) is 1. The highest BCUT2D eigenvalue weighted by Gasteiger charge is 2.32. The summed E-state index contributed by atoms with van der Waals surface area (Å²) in [5.74, 6) is 0.947. The molecule has 0 unspecified atom stereocenters. The van der Waals surface area contributed by atoms with Crippen molar-refractivity contribution in [3.63, 3.8) is 0 Å². The van der Waals surface area contributed by atoms with Crippen molar-refractivity contribution in [3.8, 4) is 5.75 Å². The second kappa shape index (κ2) is 9.81. The molecule has 2 saturated carbocycles. The number of carbonyl (C=O) groups excluding carboxylic acids is 2. The number of carbonyl (C=O) groups is 2. The smallest absolute Gasteiger partial charge is 0.271 e. The molecule has 6 nitrogen and oxygen atoms in total. The number of rotatable bonds is 7. The number of benzene rings is 1. The predicted molar refractivity (Wildman–Crippen MR) is 121 cm³/mol. The third-order valence-corrected chi connectivity index (χ3v) is 7.05. The van der Waals surface area contributed by atoms with Crippen LogP contribution in [0.5, 0.6) is 5.75 Å². The maximum atomic E-state index is 12.8. The molecule has 1 heterocycles. The van der Waals surface area contributed by atoms with E-state index in [1.54, 1.807) is 5.38 Å². The predicted octanol–water partition coefficient (Wildman–Crippen LogP) is 4.30. The van der Waals surface area contributed by atoms with Crippen molar-refractivity contribution in [2.75, 3.05) is 0 Å². The molecule has 0 radical (unpaired) electrons. The van der Waals surface area contributed by atoms with Gasteiger partial charge in [-0.2, -0.15) is 0 Å².